The van der Waals surface area contributed by atoms with Crippen LogP contribution in [0.2, 0.25) is 5.15 Å². The van der Waals surface area contributed by atoms with Crippen molar-refractivity contribution in [3.8, 4) is 11.5 Å². The van der Waals surface area contributed by atoms with Crippen LogP contribution in [0.1, 0.15) is 5.56 Å². The molecule has 8 heteroatoms. The smallest absolute Gasteiger partial charge is 0.271 e. The molecule has 5 nitrogen and oxygen atoms in total. The van der Waals surface area contributed by atoms with Crippen molar-refractivity contribution in [2.24, 2.45) is 0 Å². The van der Waals surface area contributed by atoms with Gasteiger partial charge >= 0.3 is 0 Å². The quantitative estimate of drug-likeness (QED) is 0.384. The Morgan fingerprint density at radius 2 is 1.90 bits per heavy atom. The van der Waals surface area contributed by atoms with Crippen LogP contribution in [-0.2, 0) is 0 Å². The molecule has 0 unspecified atom stereocenters. The zero-order valence-corrected chi connectivity index (χ0v) is 14.0. The first-order chi connectivity index (χ1) is 9.38. The molecule has 0 radical (unpaired) electrons. The number of aryl methyl sites for hydroxylation is 1. The Morgan fingerprint density at radius 1 is 1.30 bits per heavy atom. The van der Waals surface area contributed by atoms with Gasteiger partial charge in [-0.05, 0) is 38.8 Å². The Bertz CT molecular complexity index is 671. The minimum absolute atomic E-state index is 0.0411. The zero-order chi connectivity index (χ0) is 14.9. The van der Waals surface area contributed by atoms with E-state index in [0.29, 0.717) is 25.6 Å². The molecule has 1 aromatic carbocycles. The first-order valence-corrected chi connectivity index (χ1v) is 7.28. The van der Waals surface area contributed by atoms with E-state index in [1.807, 2.05) is 6.92 Å². The molecule has 0 N–H and O–H groups in total. The number of rotatable bonds is 3. The monoisotopic (exact) mass is 420 g/mol. The molecule has 0 saturated heterocycles. The third kappa shape index (κ3) is 3.28. The molecule has 0 amide bonds. The first-order valence-electron chi connectivity index (χ1n) is 5.32. The lowest BCUT2D eigenvalue weighted by Gasteiger charge is -2.11. The molecule has 20 heavy (non-hydrogen) atoms. The van der Waals surface area contributed by atoms with Gasteiger partial charge in [-0.3, -0.25) is 10.1 Å². The fourth-order valence-electron chi connectivity index (χ4n) is 1.45. The van der Waals surface area contributed by atoms with Crippen LogP contribution in [0.25, 0.3) is 0 Å². The molecule has 0 bridgehead atoms. The summed E-state index contributed by atoms with van der Waals surface area (Å²) in [5.41, 5.74) is 0.757. The lowest BCUT2D eigenvalue weighted by Crippen LogP contribution is -1.94. The largest absolute Gasteiger partial charge is 0.455 e. The van der Waals surface area contributed by atoms with Crippen molar-refractivity contribution < 1.29 is 9.66 Å². The van der Waals surface area contributed by atoms with Crippen LogP contribution >= 0.6 is 43.5 Å². The summed E-state index contributed by atoms with van der Waals surface area (Å²) in [5, 5.41) is 11.1. The van der Waals surface area contributed by atoms with E-state index in [2.05, 4.69) is 36.8 Å². The maximum Gasteiger partial charge on any atom is 0.271 e. The zero-order valence-electron chi connectivity index (χ0n) is 10.1. The van der Waals surface area contributed by atoms with Gasteiger partial charge in [0.25, 0.3) is 5.69 Å². The third-order valence-corrected chi connectivity index (χ3v) is 3.81. The second kappa shape index (κ2) is 6.07. The van der Waals surface area contributed by atoms with E-state index in [-0.39, 0.29) is 5.69 Å². The van der Waals surface area contributed by atoms with Crippen LogP contribution in [-0.4, -0.2) is 9.91 Å². The van der Waals surface area contributed by atoms with Gasteiger partial charge in [0.2, 0.25) is 0 Å². The fourth-order valence-corrected chi connectivity index (χ4v) is 2.92. The van der Waals surface area contributed by atoms with Crippen LogP contribution in [0.4, 0.5) is 5.69 Å². The normalized spacial score (nSPS) is 10.4. The van der Waals surface area contributed by atoms with Gasteiger partial charge < -0.3 is 4.74 Å². The van der Waals surface area contributed by atoms with Gasteiger partial charge in [-0.1, -0.05) is 11.6 Å². The SMILES string of the molecule is Cc1cnc(Cl)cc1Oc1c(Br)cc([N+](=O)[O-])cc1Br. The number of ether oxygens (including phenoxy) is 1. The first kappa shape index (κ1) is 15.2. The van der Waals surface area contributed by atoms with E-state index in [4.69, 9.17) is 16.3 Å². The van der Waals surface area contributed by atoms with Gasteiger partial charge in [0.05, 0.1) is 13.9 Å². The molecule has 0 aliphatic rings. The molecule has 0 fully saturated rings. The lowest BCUT2D eigenvalue weighted by molar-refractivity contribution is -0.385. The summed E-state index contributed by atoms with van der Waals surface area (Å²) in [6.07, 6.45) is 1.59. The van der Waals surface area contributed by atoms with Gasteiger partial charge in [-0.15, -0.1) is 0 Å². The maximum atomic E-state index is 10.8. The van der Waals surface area contributed by atoms with E-state index in [1.54, 1.807) is 12.3 Å². The Kier molecular flexibility index (Phi) is 4.62. The lowest BCUT2D eigenvalue weighted by atomic mass is 10.3. The van der Waals surface area contributed by atoms with E-state index in [1.165, 1.54) is 12.1 Å². The van der Waals surface area contributed by atoms with Crippen molar-refractivity contribution in [3.63, 3.8) is 0 Å². The number of pyridine rings is 1. The molecule has 0 saturated carbocycles. The molecule has 104 valence electrons. The molecule has 0 spiro atoms. The van der Waals surface area contributed by atoms with Crippen molar-refractivity contribution >= 4 is 49.1 Å². The highest BCUT2D eigenvalue weighted by molar-refractivity contribution is 9.11. The fraction of sp³-hybridized carbons (Fsp3) is 0.0833. The summed E-state index contributed by atoms with van der Waals surface area (Å²) in [5.74, 6) is 0.959. The van der Waals surface area contributed by atoms with Crippen molar-refractivity contribution in [3.05, 3.63) is 54.2 Å². The van der Waals surface area contributed by atoms with Crippen molar-refractivity contribution in [1.29, 1.82) is 0 Å². The highest BCUT2D eigenvalue weighted by atomic mass is 79.9. The minimum atomic E-state index is -0.478. The molecule has 0 aliphatic carbocycles. The molecule has 2 rings (SSSR count). The summed E-state index contributed by atoms with van der Waals surface area (Å²) in [6, 6.07) is 4.33. The van der Waals surface area contributed by atoms with Crippen molar-refractivity contribution in [2.75, 3.05) is 0 Å². The van der Waals surface area contributed by atoms with Gasteiger partial charge in [0.15, 0.2) is 5.75 Å². The highest BCUT2D eigenvalue weighted by Crippen LogP contribution is 2.40. The van der Waals surface area contributed by atoms with Crippen LogP contribution < -0.4 is 4.74 Å². The van der Waals surface area contributed by atoms with E-state index < -0.39 is 4.92 Å². The second-order valence-electron chi connectivity index (χ2n) is 3.87. The predicted molar refractivity (Wildman–Crippen MR) is 82.6 cm³/mol. The second-order valence-corrected chi connectivity index (χ2v) is 5.97. The maximum absolute atomic E-state index is 10.8. The Labute approximate surface area is 136 Å². The van der Waals surface area contributed by atoms with Gasteiger partial charge in [-0.2, -0.15) is 0 Å². The van der Waals surface area contributed by atoms with Gasteiger partial charge in [-0.25, -0.2) is 4.98 Å². The van der Waals surface area contributed by atoms with Crippen LogP contribution in [0.3, 0.4) is 0 Å². The van der Waals surface area contributed by atoms with Gasteiger partial charge in [0, 0.05) is 30.0 Å². The topological polar surface area (TPSA) is 65.3 Å². The minimum Gasteiger partial charge on any atom is -0.455 e. The Morgan fingerprint density at radius 3 is 2.45 bits per heavy atom. The van der Waals surface area contributed by atoms with E-state index in [9.17, 15) is 10.1 Å². The molecular weight excluding hydrogens is 415 g/mol. The standard InChI is InChI=1S/C12H7Br2ClN2O3/c1-6-5-16-11(15)4-10(6)20-12-8(13)2-7(17(18)19)3-9(12)14/h2-5H,1H3. The number of benzene rings is 1. The molecule has 1 aromatic heterocycles. The molecular formula is C12H7Br2ClN2O3. The summed E-state index contributed by atoms with van der Waals surface area (Å²) in [6.45, 7) is 1.83. The third-order valence-electron chi connectivity index (χ3n) is 2.43. The van der Waals surface area contributed by atoms with Gasteiger partial charge in [0.1, 0.15) is 10.9 Å². The number of hydrogen-bond acceptors (Lipinski definition) is 4. The molecule has 2 aromatic rings. The molecule has 0 atom stereocenters. The summed E-state index contributed by atoms with van der Waals surface area (Å²) in [4.78, 5) is 14.2. The number of non-ortho nitro benzene ring substituents is 1. The number of nitro groups is 1. The number of aromatic nitrogens is 1. The van der Waals surface area contributed by atoms with E-state index >= 15 is 0 Å². The Balaban J connectivity index is 2.44. The molecule has 1 heterocycles. The highest BCUT2D eigenvalue weighted by Gasteiger charge is 2.16. The Hall–Kier alpha value is -1.18. The molecule has 0 aliphatic heterocycles. The number of nitrogens with zero attached hydrogens (tertiary/aromatic N) is 2. The number of hydrogen-bond donors (Lipinski definition) is 0. The summed E-state index contributed by atoms with van der Waals surface area (Å²) >= 11 is 12.3. The van der Waals surface area contributed by atoms with Crippen LogP contribution in [0, 0.1) is 17.0 Å². The van der Waals surface area contributed by atoms with Crippen LogP contribution in [0.5, 0.6) is 11.5 Å². The summed E-state index contributed by atoms with van der Waals surface area (Å²) in [7, 11) is 0. The number of nitro benzene ring substituents is 1. The number of halogens is 3. The van der Waals surface area contributed by atoms with E-state index in [0.717, 1.165) is 5.56 Å². The summed E-state index contributed by atoms with van der Waals surface area (Å²) < 4.78 is 6.67. The van der Waals surface area contributed by atoms with Crippen molar-refractivity contribution in [2.45, 2.75) is 6.92 Å². The average molecular weight is 422 g/mol. The predicted octanol–water partition coefficient (Wildman–Crippen LogP) is 5.27. The van der Waals surface area contributed by atoms with Crippen molar-refractivity contribution in [1.82, 2.24) is 4.98 Å². The van der Waals surface area contributed by atoms with Crippen LogP contribution in [0.15, 0.2) is 33.3 Å². The average Bonchev–Trinajstić information content (AvgIpc) is 2.37.